The highest BCUT2D eigenvalue weighted by Crippen LogP contribution is 2.39. The van der Waals surface area contributed by atoms with Gasteiger partial charge in [-0.25, -0.2) is 0 Å². The van der Waals surface area contributed by atoms with Gasteiger partial charge in [-0.1, -0.05) is 52.5 Å². The third kappa shape index (κ3) is 2.82. The van der Waals surface area contributed by atoms with Gasteiger partial charge in [0, 0.05) is 10.6 Å². The second-order valence-electron chi connectivity index (χ2n) is 3.78. The molecule has 0 unspecified atom stereocenters. The molecule has 0 atom stereocenters. The topological polar surface area (TPSA) is 43.1 Å². The van der Waals surface area contributed by atoms with Crippen LogP contribution in [0.25, 0.3) is 11.1 Å². The van der Waals surface area contributed by atoms with Crippen LogP contribution in [0.4, 0.5) is 0 Å². The van der Waals surface area contributed by atoms with Gasteiger partial charge in [-0.3, -0.25) is 4.79 Å². The summed E-state index contributed by atoms with van der Waals surface area (Å²) in [6, 6.07) is 8.01. The summed E-state index contributed by atoms with van der Waals surface area (Å²) in [5, 5.41) is 1.38. The molecule has 2 nitrogen and oxygen atoms in total. The van der Waals surface area contributed by atoms with Crippen molar-refractivity contribution in [3.8, 4) is 11.1 Å². The molecule has 0 heterocycles. The summed E-state index contributed by atoms with van der Waals surface area (Å²) >= 11 is 24.1. The van der Waals surface area contributed by atoms with Crippen LogP contribution < -0.4 is 5.73 Å². The molecule has 0 aliphatic carbocycles. The number of halogens is 4. The van der Waals surface area contributed by atoms with E-state index in [0.29, 0.717) is 26.2 Å². The summed E-state index contributed by atoms with van der Waals surface area (Å²) in [4.78, 5) is 11.3. The van der Waals surface area contributed by atoms with Gasteiger partial charge in [-0.05, 0) is 29.8 Å². The van der Waals surface area contributed by atoms with Crippen LogP contribution in [0.5, 0.6) is 0 Å². The van der Waals surface area contributed by atoms with Crippen molar-refractivity contribution in [3.05, 3.63) is 56.0 Å². The molecule has 0 fully saturated rings. The SMILES string of the molecule is NC(=O)c1cc(-c2c(Cl)ccc(Cl)c2Cl)ccc1Cl. The summed E-state index contributed by atoms with van der Waals surface area (Å²) in [5.74, 6) is -0.624. The zero-order valence-electron chi connectivity index (χ0n) is 9.38. The highest BCUT2D eigenvalue weighted by atomic mass is 35.5. The number of benzene rings is 2. The van der Waals surface area contributed by atoms with Gasteiger partial charge < -0.3 is 5.73 Å². The fraction of sp³-hybridized carbons (Fsp3) is 0. The molecule has 19 heavy (non-hydrogen) atoms. The van der Waals surface area contributed by atoms with Crippen LogP contribution >= 0.6 is 46.4 Å². The Morgan fingerprint density at radius 3 is 2.11 bits per heavy atom. The number of nitrogens with two attached hydrogens (primary N) is 1. The monoisotopic (exact) mass is 333 g/mol. The average molecular weight is 335 g/mol. The fourth-order valence-electron chi connectivity index (χ4n) is 1.66. The molecule has 2 rings (SSSR count). The van der Waals surface area contributed by atoms with Gasteiger partial charge in [0.25, 0.3) is 0 Å². The molecule has 0 aromatic heterocycles. The first-order valence-corrected chi connectivity index (χ1v) is 6.66. The van der Waals surface area contributed by atoms with Crippen LogP contribution in [0.15, 0.2) is 30.3 Å². The van der Waals surface area contributed by atoms with Crippen LogP contribution in [-0.2, 0) is 0 Å². The van der Waals surface area contributed by atoms with Gasteiger partial charge in [-0.2, -0.15) is 0 Å². The standard InChI is InChI=1S/C13H7Cl4NO/c14-8-2-1-6(5-7(8)13(18)19)11-9(15)3-4-10(16)12(11)17/h1-5H,(H2,18,19). The first-order valence-electron chi connectivity index (χ1n) is 5.15. The van der Waals surface area contributed by atoms with Crippen LogP contribution in [0.3, 0.4) is 0 Å². The molecule has 98 valence electrons. The lowest BCUT2D eigenvalue weighted by molar-refractivity contribution is 0.100. The molecular weight excluding hydrogens is 328 g/mol. The van der Waals surface area contributed by atoms with Crippen molar-refractivity contribution in [2.24, 2.45) is 5.73 Å². The van der Waals surface area contributed by atoms with Crippen molar-refractivity contribution in [3.63, 3.8) is 0 Å². The van der Waals surface area contributed by atoms with Crippen molar-refractivity contribution in [2.45, 2.75) is 0 Å². The molecule has 0 saturated heterocycles. The summed E-state index contributed by atoms with van der Waals surface area (Å²) in [6.45, 7) is 0. The lowest BCUT2D eigenvalue weighted by Gasteiger charge is -2.10. The van der Waals surface area contributed by atoms with Gasteiger partial charge in [0.2, 0.25) is 5.91 Å². The van der Waals surface area contributed by atoms with Gasteiger partial charge in [-0.15, -0.1) is 0 Å². The number of hydrogen-bond donors (Lipinski definition) is 1. The normalized spacial score (nSPS) is 10.5. The van der Waals surface area contributed by atoms with Crippen LogP contribution in [-0.4, -0.2) is 5.91 Å². The minimum Gasteiger partial charge on any atom is -0.366 e. The molecule has 0 aliphatic rings. The number of carbonyl (C=O) groups excluding carboxylic acids is 1. The molecule has 0 spiro atoms. The maximum absolute atomic E-state index is 11.3. The molecule has 2 aromatic carbocycles. The van der Waals surface area contributed by atoms with Gasteiger partial charge in [0.15, 0.2) is 0 Å². The average Bonchev–Trinajstić information content (AvgIpc) is 2.36. The molecule has 2 N–H and O–H groups in total. The summed E-state index contributed by atoms with van der Waals surface area (Å²) in [7, 11) is 0. The third-order valence-corrected chi connectivity index (χ3v) is 4.01. The minimum atomic E-state index is -0.624. The third-order valence-electron chi connectivity index (χ3n) is 2.56. The van der Waals surface area contributed by atoms with E-state index in [-0.39, 0.29) is 10.6 Å². The predicted molar refractivity (Wildman–Crippen MR) is 80.4 cm³/mol. The van der Waals surface area contributed by atoms with E-state index in [1.807, 2.05) is 0 Å². The van der Waals surface area contributed by atoms with Crippen molar-refractivity contribution in [2.75, 3.05) is 0 Å². The molecule has 0 saturated carbocycles. The first-order chi connectivity index (χ1) is 8.91. The van der Waals surface area contributed by atoms with Crippen molar-refractivity contribution >= 4 is 52.3 Å². The minimum absolute atomic E-state index is 0.200. The summed E-state index contributed by atoms with van der Waals surface area (Å²) in [6.07, 6.45) is 0. The number of rotatable bonds is 2. The van der Waals surface area contributed by atoms with E-state index >= 15 is 0 Å². The zero-order valence-corrected chi connectivity index (χ0v) is 12.4. The lowest BCUT2D eigenvalue weighted by Crippen LogP contribution is -2.11. The number of carbonyl (C=O) groups is 1. The quantitative estimate of drug-likeness (QED) is 0.766. The number of hydrogen-bond acceptors (Lipinski definition) is 1. The van der Waals surface area contributed by atoms with E-state index < -0.39 is 5.91 Å². The Hall–Kier alpha value is -0.930. The van der Waals surface area contributed by atoms with E-state index in [9.17, 15) is 4.79 Å². The van der Waals surface area contributed by atoms with Gasteiger partial charge >= 0.3 is 0 Å². The molecule has 1 amide bonds. The van der Waals surface area contributed by atoms with Crippen molar-refractivity contribution < 1.29 is 4.79 Å². The maximum Gasteiger partial charge on any atom is 0.250 e. The summed E-state index contributed by atoms with van der Waals surface area (Å²) in [5.41, 5.74) is 6.61. The highest BCUT2D eigenvalue weighted by molar-refractivity contribution is 6.46. The van der Waals surface area contributed by atoms with E-state index in [4.69, 9.17) is 52.1 Å². The Bertz CT molecular complexity index is 670. The van der Waals surface area contributed by atoms with Gasteiger partial charge in [0.1, 0.15) is 0 Å². The lowest BCUT2D eigenvalue weighted by atomic mass is 10.0. The second kappa shape index (κ2) is 5.59. The Balaban J connectivity index is 2.70. The van der Waals surface area contributed by atoms with E-state index in [1.165, 1.54) is 6.07 Å². The van der Waals surface area contributed by atoms with E-state index in [0.717, 1.165) is 0 Å². The van der Waals surface area contributed by atoms with Crippen molar-refractivity contribution in [1.82, 2.24) is 0 Å². The molecule has 6 heteroatoms. The smallest absolute Gasteiger partial charge is 0.250 e. The zero-order chi connectivity index (χ0) is 14.2. The Kier molecular flexibility index (Phi) is 4.26. The van der Waals surface area contributed by atoms with Crippen LogP contribution in [0.1, 0.15) is 10.4 Å². The molecule has 0 bridgehead atoms. The van der Waals surface area contributed by atoms with Crippen molar-refractivity contribution in [1.29, 1.82) is 0 Å². The van der Waals surface area contributed by atoms with Gasteiger partial charge in [0.05, 0.1) is 20.6 Å². The predicted octanol–water partition coefficient (Wildman–Crippen LogP) is 5.07. The molecular formula is C13H7Cl4NO. The first kappa shape index (κ1) is 14.5. The number of amides is 1. The molecule has 0 aliphatic heterocycles. The fourth-order valence-corrected chi connectivity index (χ4v) is 2.62. The highest BCUT2D eigenvalue weighted by Gasteiger charge is 2.15. The van der Waals surface area contributed by atoms with Crippen LogP contribution in [0, 0.1) is 0 Å². The summed E-state index contributed by atoms with van der Waals surface area (Å²) < 4.78 is 0. The molecule has 2 aromatic rings. The maximum atomic E-state index is 11.3. The second-order valence-corrected chi connectivity index (χ2v) is 5.38. The molecule has 0 radical (unpaired) electrons. The Labute approximate surface area is 130 Å². The largest absolute Gasteiger partial charge is 0.366 e. The van der Waals surface area contributed by atoms with E-state index in [1.54, 1.807) is 24.3 Å². The number of primary amides is 1. The Morgan fingerprint density at radius 2 is 1.47 bits per heavy atom. The Morgan fingerprint density at radius 1 is 0.895 bits per heavy atom. The van der Waals surface area contributed by atoms with E-state index in [2.05, 4.69) is 0 Å². The van der Waals surface area contributed by atoms with Crippen LogP contribution in [0.2, 0.25) is 20.1 Å².